The van der Waals surface area contributed by atoms with E-state index in [0.717, 1.165) is 25.7 Å². The highest BCUT2D eigenvalue weighted by Gasteiger charge is 2.18. The van der Waals surface area contributed by atoms with Crippen molar-refractivity contribution < 1.29 is 33.3 Å². The van der Waals surface area contributed by atoms with Crippen molar-refractivity contribution in [1.82, 2.24) is 5.32 Å². The van der Waals surface area contributed by atoms with E-state index in [2.05, 4.69) is 10.6 Å². The highest BCUT2D eigenvalue weighted by molar-refractivity contribution is 5.94. The van der Waals surface area contributed by atoms with E-state index in [1.807, 2.05) is 0 Å². The number of para-hydroxylation sites is 2. The van der Waals surface area contributed by atoms with Crippen molar-refractivity contribution in [2.45, 2.75) is 44.6 Å². The number of anilines is 1. The summed E-state index contributed by atoms with van der Waals surface area (Å²) in [4.78, 5) is 36.9. The van der Waals surface area contributed by atoms with Crippen LogP contribution in [-0.4, -0.2) is 51.3 Å². The lowest BCUT2D eigenvalue weighted by Crippen LogP contribution is -2.37. The molecular weight excluding hydrogens is 452 g/mol. The van der Waals surface area contributed by atoms with Crippen LogP contribution in [0.25, 0.3) is 0 Å². The molecule has 2 aromatic carbocycles. The minimum atomic E-state index is -0.653. The molecule has 9 nitrogen and oxygen atoms in total. The van der Waals surface area contributed by atoms with Gasteiger partial charge in [-0.2, -0.15) is 0 Å². The van der Waals surface area contributed by atoms with Crippen LogP contribution in [0.4, 0.5) is 5.69 Å². The number of amides is 2. The van der Waals surface area contributed by atoms with Crippen LogP contribution in [0.15, 0.2) is 42.5 Å². The van der Waals surface area contributed by atoms with Crippen molar-refractivity contribution in [2.75, 3.05) is 32.8 Å². The van der Waals surface area contributed by atoms with Crippen LogP contribution in [0.1, 0.15) is 48.9 Å². The van der Waals surface area contributed by atoms with Gasteiger partial charge < -0.3 is 29.6 Å². The number of esters is 1. The molecule has 188 valence electrons. The third kappa shape index (κ3) is 7.91. The van der Waals surface area contributed by atoms with Crippen LogP contribution >= 0.6 is 0 Å². The molecule has 0 unspecified atom stereocenters. The lowest BCUT2D eigenvalue weighted by molar-refractivity contribution is -0.125. The first-order valence-corrected chi connectivity index (χ1v) is 11.7. The van der Waals surface area contributed by atoms with Crippen LogP contribution in [-0.2, 0) is 14.3 Å². The molecule has 9 heteroatoms. The van der Waals surface area contributed by atoms with Gasteiger partial charge in [-0.1, -0.05) is 37.8 Å². The summed E-state index contributed by atoms with van der Waals surface area (Å²) in [7, 11) is 2.94. The molecule has 35 heavy (non-hydrogen) atoms. The van der Waals surface area contributed by atoms with Crippen LogP contribution in [0.2, 0.25) is 0 Å². The number of nitrogens with one attached hydrogen (secondary N) is 2. The Morgan fingerprint density at radius 2 is 1.54 bits per heavy atom. The van der Waals surface area contributed by atoms with E-state index >= 15 is 0 Å². The van der Waals surface area contributed by atoms with Crippen molar-refractivity contribution in [3.63, 3.8) is 0 Å². The highest BCUT2D eigenvalue weighted by atomic mass is 16.5. The van der Waals surface area contributed by atoms with Gasteiger partial charge in [0, 0.05) is 6.04 Å². The fraction of sp³-hybridized carbons (Fsp3) is 0.423. The maximum Gasteiger partial charge on any atom is 0.338 e. The minimum Gasteiger partial charge on any atom is -0.495 e. The van der Waals surface area contributed by atoms with Gasteiger partial charge >= 0.3 is 5.97 Å². The Bertz CT molecular complexity index is 1020. The molecule has 0 aliphatic heterocycles. The van der Waals surface area contributed by atoms with Gasteiger partial charge in [0.25, 0.3) is 11.8 Å². The summed E-state index contributed by atoms with van der Waals surface area (Å²) in [6.07, 6.45) is 6.48. The monoisotopic (exact) mass is 484 g/mol. The smallest absolute Gasteiger partial charge is 0.338 e. The fourth-order valence-corrected chi connectivity index (χ4v) is 3.90. The van der Waals surface area contributed by atoms with Gasteiger partial charge in [-0.3, -0.25) is 9.59 Å². The molecule has 2 aromatic rings. The van der Waals surface area contributed by atoms with Gasteiger partial charge in [0.2, 0.25) is 0 Å². The molecule has 2 N–H and O–H groups in total. The minimum absolute atomic E-state index is 0.139. The second-order valence-electron chi connectivity index (χ2n) is 8.23. The number of carbonyl (C=O) groups excluding carboxylic acids is 3. The predicted octanol–water partition coefficient (Wildman–Crippen LogP) is 3.72. The number of rotatable bonds is 10. The van der Waals surface area contributed by atoms with E-state index in [1.165, 1.54) is 45.3 Å². The van der Waals surface area contributed by atoms with Crippen molar-refractivity contribution in [2.24, 2.45) is 0 Å². The van der Waals surface area contributed by atoms with Gasteiger partial charge in [0.1, 0.15) is 5.75 Å². The molecule has 1 aliphatic carbocycles. The Balaban J connectivity index is 1.50. The first kappa shape index (κ1) is 25.9. The van der Waals surface area contributed by atoms with E-state index in [0.29, 0.717) is 11.4 Å². The third-order valence-corrected chi connectivity index (χ3v) is 5.69. The Morgan fingerprint density at radius 1 is 0.829 bits per heavy atom. The van der Waals surface area contributed by atoms with E-state index in [-0.39, 0.29) is 48.1 Å². The Labute approximate surface area is 205 Å². The normalized spacial score (nSPS) is 13.8. The Morgan fingerprint density at radius 3 is 2.26 bits per heavy atom. The molecule has 1 fully saturated rings. The first-order valence-electron chi connectivity index (χ1n) is 11.7. The highest BCUT2D eigenvalue weighted by Crippen LogP contribution is 2.29. The van der Waals surface area contributed by atoms with E-state index < -0.39 is 5.97 Å². The quantitative estimate of drug-likeness (QED) is 0.390. The lowest BCUT2D eigenvalue weighted by Gasteiger charge is -2.16. The Kier molecular flexibility index (Phi) is 9.77. The summed E-state index contributed by atoms with van der Waals surface area (Å²) in [5.74, 6) is -0.278. The molecule has 0 radical (unpaired) electrons. The van der Waals surface area contributed by atoms with Gasteiger partial charge in [0.15, 0.2) is 24.7 Å². The fourth-order valence-electron chi connectivity index (χ4n) is 3.90. The summed E-state index contributed by atoms with van der Waals surface area (Å²) in [6, 6.07) is 11.6. The summed E-state index contributed by atoms with van der Waals surface area (Å²) in [5, 5.41) is 5.66. The van der Waals surface area contributed by atoms with Gasteiger partial charge in [0.05, 0.1) is 25.5 Å². The van der Waals surface area contributed by atoms with Crippen molar-refractivity contribution in [3.05, 3.63) is 48.0 Å². The number of methoxy groups -OCH3 is 2. The van der Waals surface area contributed by atoms with E-state index in [1.54, 1.807) is 24.3 Å². The van der Waals surface area contributed by atoms with Crippen LogP contribution in [0.3, 0.4) is 0 Å². The summed E-state index contributed by atoms with van der Waals surface area (Å²) >= 11 is 0. The summed E-state index contributed by atoms with van der Waals surface area (Å²) < 4.78 is 21.2. The average molecular weight is 485 g/mol. The molecule has 2 amide bonds. The van der Waals surface area contributed by atoms with Gasteiger partial charge in [-0.05, 0) is 43.2 Å². The predicted molar refractivity (Wildman–Crippen MR) is 130 cm³/mol. The number of hydrogen-bond acceptors (Lipinski definition) is 7. The van der Waals surface area contributed by atoms with E-state index in [4.69, 9.17) is 18.9 Å². The van der Waals surface area contributed by atoms with Crippen molar-refractivity contribution in [1.29, 1.82) is 0 Å². The van der Waals surface area contributed by atoms with Gasteiger partial charge in [-0.25, -0.2) is 4.79 Å². The molecule has 0 spiro atoms. The molecule has 0 aromatic heterocycles. The van der Waals surface area contributed by atoms with Crippen LogP contribution in [0.5, 0.6) is 17.2 Å². The third-order valence-electron chi connectivity index (χ3n) is 5.69. The summed E-state index contributed by atoms with van der Waals surface area (Å²) in [5.41, 5.74) is 0.728. The first-order chi connectivity index (χ1) is 17.0. The maximum atomic E-state index is 12.4. The molecular formula is C26H32N2O7. The van der Waals surface area contributed by atoms with E-state index in [9.17, 15) is 14.4 Å². The molecule has 0 bridgehead atoms. The molecule has 0 saturated heterocycles. The SMILES string of the molecule is COc1ccccc1NC(=O)COc1ccc(C(=O)OCC(=O)NC2CCCCCC2)cc1OC. The molecule has 3 rings (SSSR count). The number of hydrogen-bond donors (Lipinski definition) is 2. The topological polar surface area (TPSA) is 112 Å². The molecule has 1 saturated carbocycles. The number of benzene rings is 2. The second kappa shape index (κ2) is 13.2. The van der Waals surface area contributed by atoms with Crippen molar-refractivity contribution in [3.8, 4) is 17.2 Å². The Hall–Kier alpha value is -3.75. The number of ether oxygens (including phenoxy) is 4. The standard InChI is InChI=1S/C26H32N2O7/c1-32-21-12-8-7-11-20(21)28-25(30)16-34-22-14-13-18(15-23(22)33-2)26(31)35-17-24(29)27-19-9-5-3-4-6-10-19/h7-8,11-15,19H,3-6,9-10,16-17H2,1-2H3,(H,27,29)(H,28,30). The van der Waals surface area contributed by atoms with Crippen molar-refractivity contribution >= 4 is 23.5 Å². The van der Waals surface area contributed by atoms with Crippen LogP contribution < -0.4 is 24.8 Å². The number of carbonyl (C=O) groups is 3. The molecule has 1 aliphatic rings. The van der Waals surface area contributed by atoms with Gasteiger partial charge in [-0.15, -0.1) is 0 Å². The largest absolute Gasteiger partial charge is 0.495 e. The molecule has 0 atom stereocenters. The zero-order chi connectivity index (χ0) is 25.0. The maximum absolute atomic E-state index is 12.4. The zero-order valence-electron chi connectivity index (χ0n) is 20.1. The van der Waals surface area contributed by atoms with Crippen LogP contribution in [0, 0.1) is 0 Å². The average Bonchev–Trinajstić information content (AvgIpc) is 3.14. The second-order valence-corrected chi connectivity index (χ2v) is 8.23. The lowest BCUT2D eigenvalue weighted by atomic mass is 10.1. The summed E-state index contributed by atoms with van der Waals surface area (Å²) in [6.45, 7) is -0.626. The molecule has 0 heterocycles. The zero-order valence-corrected chi connectivity index (χ0v) is 20.1.